The molecular weight excluding hydrogens is 262 g/mol. The minimum atomic E-state index is 0.0264. The van der Waals surface area contributed by atoms with Crippen LogP contribution >= 0.6 is 11.3 Å². The van der Waals surface area contributed by atoms with Crippen molar-refractivity contribution in [3.63, 3.8) is 0 Å². The Balaban J connectivity index is 1.78. The number of oxime groups is 1. The summed E-state index contributed by atoms with van der Waals surface area (Å²) in [7, 11) is 0. The number of aromatic nitrogens is 2. The summed E-state index contributed by atoms with van der Waals surface area (Å²) in [6.45, 7) is 1.71. The average Bonchev–Trinajstić information content (AvgIpc) is 2.99. The van der Waals surface area contributed by atoms with Crippen molar-refractivity contribution in [3.05, 3.63) is 23.5 Å². The number of piperidine rings is 1. The van der Waals surface area contributed by atoms with E-state index >= 15 is 0 Å². The van der Waals surface area contributed by atoms with E-state index in [1.807, 2.05) is 22.2 Å². The van der Waals surface area contributed by atoms with Gasteiger partial charge in [0.1, 0.15) is 0 Å². The molecule has 1 aliphatic rings. The Bertz CT molecular complexity index is 561. The zero-order valence-corrected chi connectivity index (χ0v) is 11.4. The first-order chi connectivity index (χ1) is 9.28. The van der Waals surface area contributed by atoms with Gasteiger partial charge >= 0.3 is 0 Å². The standard InChI is InChI=1S/C12H17N5OS/c13-11(15-18)10-3-1-2-4-16(10)7-9-8-17-5-6-19-12(17)14-9/h5-6,8,10,18H,1-4,7H2,(H2,13,15). The van der Waals surface area contributed by atoms with Crippen molar-refractivity contribution in [2.75, 3.05) is 6.54 Å². The number of hydrogen-bond acceptors (Lipinski definition) is 5. The van der Waals surface area contributed by atoms with E-state index in [0.717, 1.165) is 43.0 Å². The molecule has 0 spiro atoms. The Morgan fingerprint density at radius 1 is 1.58 bits per heavy atom. The second-order valence-electron chi connectivity index (χ2n) is 4.83. The number of nitrogens with zero attached hydrogens (tertiary/aromatic N) is 4. The van der Waals surface area contributed by atoms with Crippen LogP contribution < -0.4 is 5.73 Å². The zero-order valence-electron chi connectivity index (χ0n) is 10.6. The smallest absolute Gasteiger partial charge is 0.193 e. The molecule has 0 amide bonds. The lowest BCUT2D eigenvalue weighted by Crippen LogP contribution is -2.47. The van der Waals surface area contributed by atoms with Gasteiger partial charge < -0.3 is 10.9 Å². The molecule has 19 heavy (non-hydrogen) atoms. The second-order valence-corrected chi connectivity index (χ2v) is 5.71. The van der Waals surface area contributed by atoms with Crippen LogP contribution in [0.2, 0.25) is 0 Å². The molecule has 0 radical (unpaired) electrons. The van der Waals surface area contributed by atoms with Crippen LogP contribution in [0.3, 0.4) is 0 Å². The number of nitrogens with two attached hydrogens (primary N) is 1. The highest BCUT2D eigenvalue weighted by molar-refractivity contribution is 7.15. The summed E-state index contributed by atoms with van der Waals surface area (Å²) >= 11 is 1.63. The van der Waals surface area contributed by atoms with Crippen molar-refractivity contribution in [2.24, 2.45) is 10.9 Å². The molecule has 1 aliphatic heterocycles. The molecule has 3 N–H and O–H groups in total. The molecule has 0 aliphatic carbocycles. The highest BCUT2D eigenvalue weighted by Gasteiger charge is 2.26. The lowest BCUT2D eigenvalue weighted by molar-refractivity contribution is 0.176. The number of fused-ring (bicyclic) bond motifs is 1. The maximum absolute atomic E-state index is 8.87. The van der Waals surface area contributed by atoms with Gasteiger partial charge in [0.2, 0.25) is 0 Å². The van der Waals surface area contributed by atoms with Gasteiger partial charge in [-0.05, 0) is 19.4 Å². The van der Waals surface area contributed by atoms with Crippen LogP contribution in [0.15, 0.2) is 22.9 Å². The first-order valence-electron chi connectivity index (χ1n) is 6.40. The van der Waals surface area contributed by atoms with Crippen molar-refractivity contribution in [3.8, 4) is 0 Å². The molecule has 1 fully saturated rings. The molecular formula is C12H17N5OS. The van der Waals surface area contributed by atoms with Crippen LogP contribution in [-0.2, 0) is 6.54 Å². The molecule has 3 rings (SSSR count). The van der Waals surface area contributed by atoms with Gasteiger partial charge in [0.25, 0.3) is 0 Å². The van der Waals surface area contributed by atoms with Crippen LogP contribution in [0.1, 0.15) is 25.0 Å². The maximum atomic E-state index is 8.87. The third-order valence-electron chi connectivity index (χ3n) is 3.58. The monoisotopic (exact) mass is 279 g/mol. The summed E-state index contributed by atoms with van der Waals surface area (Å²) in [5.41, 5.74) is 6.81. The van der Waals surface area contributed by atoms with Crippen molar-refractivity contribution in [1.82, 2.24) is 14.3 Å². The molecule has 1 saturated heterocycles. The summed E-state index contributed by atoms with van der Waals surface area (Å²) < 4.78 is 2.03. The molecule has 102 valence electrons. The van der Waals surface area contributed by atoms with Crippen molar-refractivity contribution in [2.45, 2.75) is 31.8 Å². The van der Waals surface area contributed by atoms with Crippen LogP contribution in [0.25, 0.3) is 4.96 Å². The predicted octanol–water partition coefficient (Wildman–Crippen LogP) is 1.50. The first kappa shape index (κ1) is 12.4. The van der Waals surface area contributed by atoms with E-state index in [1.54, 1.807) is 11.3 Å². The van der Waals surface area contributed by atoms with E-state index in [4.69, 9.17) is 10.9 Å². The number of amidine groups is 1. The van der Waals surface area contributed by atoms with Gasteiger partial charge in [-0.15, -0.1) is 11.3 Å². The SMILES string of the molecule is N/C(=N/O)C1CCCCN1Cc1cn2ccsc2n1. The quantitative estimate of drug-likeness (QED) is 0.386. The normalized spacial score (nSPS) is 22.1. The van der Waals surface area contributed by atoms with Gasteiger partial charge in [-0.2, -0.15) is 0 Å². The van der Waals surface area contributed by atoms with E-state index in [9.17, 15) is 0 Å². The Morgan fingerprint density at radius 2 is 2.47 bits per heavy atom. The lowest BCUT2D eigenvalue weighted by Gasteiger charge is -2.34. The average molecular weight is 279 g/mol. The van der Waals surface area contributed by atoms with Gasteiger partial charge in [0, 0.05) is 24.3 Å². The maximum Gasteiger partial charge on any atom is 0.193 e. The van der Waals surface area contributed by atoms with Gasteiger partial charge in [0.05, 0.1) is 11.7 Å². The van der Waals surface area contributed by atoms with E-state index in [-0.39, 0.29) is 6.04 Å². The number of thiazole rings is 1. The van der Waals surface area contributed by atoms with E-state index in [1.165, 1.54) is 0 Å². The Kier molecular flexibility index (Phi) is 3.39. The van der Waals surface area contributed by atoms with Crippen LogP contribution in [-0.4, -0.2) is 37.9 Å². The minimum absolute atomic E-state index is 0.0264. The molecule has 0 bridgehead atoms. The molecule has 2 aromatic rings. The van der Waals surface area contributed by atoms with Gasteiger partial charge in [-0.3, -0.25) is 9.30 Å². The topological polar surface area (TPSA) is 79.2 Å². The number of hydrogen-bond donors (Lipinski definition) is 2. The molecule has 6 nitrogen and oxygen atoms in total. The molecule has 2 aromatic heterocycles. The molecule has 0 saturated carbocycles. The summed E-state index contributed by atoms with van der Waals surface area (Å²) in [6.07, 6.45) is 7.27. The fourth-order valence-electron chi connectivity index (χ4n) is 2.64. The van der Waals surface area contributed by atoms with Crippen molar-refractivity contribution >= 4 is 22.1 Å². The summed E-state index contributed by atoms with van der Waals surface area (Å²) in [6, 6.07) is 0.0264. The lowest BCUT2D eigenvalue weighted by atomic mass is 10.0. The highest BCUT2D eigenvalue weighted by atomic mass is 32.1. The summed E-state index contributed by atoms with van der Waals surface area (Å²) in [5, 5.41) is 14.1. The number of likely N-dealkylation sites (tertiary alicyclic amines) is 1. The number of imidazole rings is 1. The fourth-order valence-corrected chi connectivity index (χ4v) is 3.36. The van der Waals surface area contributed by atoms with Crippen LogP contribution in [0.4, 0.5) is 0 Å². The van der Waals surface area contributed by atoms with Crippen molar-refractivity contribution < 1.29 is 5.21 Å². The third kappa shape index (κ3) is 2.43. The van der Waals surface area contributed by atoms with Crippen molar-refractivity contribution in [1.29, 1.82) is 0 Å². The molecule has 3 heterocycles. The van der Waals surface area contributed by atoms with E-state index in [2.05, 4.69) is 15.0 Å². The molecule has 7 heteroatoms. The molecule has 1 unspecified atom stereocenters. The Morgan fingerprint density at radius 3 is 3.26 bits per heavy atom. The largest absolute Gasteiger partial charge is 0.409 e. The minimum Gasteiger partial charge on any atom is -0.409 e. The van der Waals surface area contributed by atoms with Gasteiger partial charge in [-0.1, -0.05) is 11.6 Å². The predicted molar refractivity (Wildman–Crippen MR) is 74.5 cm³/mol. The number of rotatable bonds is 3. The van der Waals surface area contributed by atoms with Gasteiger partial charge in [-0.25, -0.2) is 4.98 Å². The van der Waals surface area contributed by atoms with Crippen LogP contribution in [0, 0.1) is 0 Å². The third-order valence-corrected chi connectivity index (χ3v) is 4.35. The Hall–Kier alpha value is -1.60. The second kappa shape index (κ2) is 5.18. The fraction of sp³-hybridized carbons (Fsp3) is 0.500. The highest BCUT2D eigenvalue weighted by Crippen LogP contribution is 2.20. The molecule has 1 atom stereocenters. The molecule has 0 aromatic carbocycles. The van der Waals surface area contributed by atoms with Gasteiger partial charge in [0.15, 0.2) is 10.8 Å². The first-order valence-corrected chi connectivity index (χ1v) is 7.28. The Labute approximate surface area is 115 Å². The zero-order chi connectivity index (χ0) is 13.2. The summed E-state index contributed by atoms with van der Waals surface area (Å²) in [5.74, 6) is 0.306. The summed E-state index contributed by atoms with van der Waals surface area (Å²) in [4.78, 5) is 7.83. The van der Waals surface area contributed by atoms with Crippen LogP contribution in [0.5, 0.6) is 0 Å². The van der Waals surface area contributed by atoms with E-state index < -0.39 is 0 Å². The van der Waals surface area contributed by atoms with E-state index in [0.29, 0.717) is 5.84 Å².